The summed E-state index contributed by atoms with van der Waals surface area (Å²) < 4.78 is 6.46. The fourth-order valence-electron chi connectivity index (χ4n) is 4.13. The highest BCUT2D eigenvalue weighted by Crippen LogP contribution is 2.33. The summed E-state index contributed by atoms with van der Waals surface area (Å²) in [4.78, 5) is 21.8. The molecule has 0 radical (unpaired) electrons. The summed E-state index contributed by atoms with van der Waals surface area (Å²) in [5.74, 6) is 0.518. The lowest BCUT2D eigenvalue weighted by Gasteiger charge is -2.20. The number of aliphatic imine (C=N–C) groups is 1. The van der Waals surface area contributed by atoms with E-state index in [-0.39, 0.29) is 11.5 Å². The highest BCUT2D eigenvalue weighted by molar-refractivity contribution is 6.29. The molecule has 0 aliphatic rings. The number of anilines is 2. The van der Waals surface area contributed by atoms with Gasteiger partial charge >= 0.3 is 0 Å². The number of hydrogen-bond acceptors (Lipinski definition) is 6. The minimum absolute atomic E-state index is 0.0553. The predicted octanol–water partition coefficient (Wildman–Crippen LogP) is 6.24. The molecular formula is C27H27ClN4O2. The second-order valence-corrected chi connectivity index (χ2v) is 8.87. The third-order valence-electron chi connectivity index (χ3n) is 5.90. The van der Waals surface area contributed by atoms with Crippen molar-refractivity contribution in [2.75, 3.05) is 18.1 Å². The van der Waals surface area contributed by atoms with E-state index >= 15 is 0 Å². The van der Waals surface area contributed by atoms with Crippen LogP contribution < -0.4 is 16.5 Å². The Labute approximate surface area is 203 Å². The van der Waals surface area contributed by atoms with Crippen LogP contribution in [0.5, 0.6) is 0 Å². The van der Waals surface area contributed by atoms with Gasteiger partial charge in [0.2, 0.25) is 0 Å². The van der Waals surface area contributed by atoms with E-state index in [9.17, 15) is 4.79 Å². The number of nitrogens with zero attached hydrogens (tertiary/aromatic N) is 2. The Hall–Kier alpha value is -3.64. The molecule has 0 fully saturated rings. The SMILES string of the molecule is CN=Cc1cc(-c2oc3c([C@@H](C)Nc4ccc(Cl)nc4C)cc(C)cc3c(=O)c2C)ccc1N. The van der Waals surface area contributed by atoms with Gasteiger partial charge in [-0.15, -0.1) is 0 Å². The number of rotatable bonds is 5. The molecule has 2 aromatic carbocycles. The van der Waals surface area contributed by atoms with E-state index in [1.54, 1.807) is 32.3 Å². The predicted molar refractivity (Wildman–Crippen MR) is 141 cm³/mol. The summed E-state index contributed by atoms with van der Waals surface area (Å²) in [6, 6.07) is 13.0. The van der Waals surface area contributed by atoms with Crippen molar-refractivity contribution >= 4 is 40.2 Å². The van der Waals surface area contributed by atoms with Crippen LogP contribution in [0.1, 0.15) is 40.9 Å². The zero-order chi connectivity index (χ0) is 24.6. The smallest absolute Gasteiger partial charge is 0.196 e. The van der Waals surface area contributed by atoms with Gasteiger partial charge in [-0.2, -0.15) is 0 Å². The largest absolute Gasteiger partial charge is 0.455 e. The van der Waals surface area contributed by atoms with Crippen LogP contribution in [-0.4, -0.2) is 18.2 Å². The fraction of sp³-hybridized carbons (Fsp3) is 0.222. The second kappa shape index (κ2) is 9.31. The molecule has 1 atom stereocenters. The summed E-state index contributed by atoms with van der Waals surface area (Å²) in [6.45, 7) is 7.69. The molecule has 0 aliphatic heterocycles. The standard InChI is InChI=1S/C27H27ClN4O2/c1-14-10-20(16(3)31-23-8-9-24(28)32-17(23)4)27-21(11-14)25(33)15(2)26(34-27)18-6-7-22(29)19(12-18)13-30-5/h6-13,16,31H,29H2,1-5H3/t16-/m1/s1. The van der Waals surface area contributed by atoms with Gasteiger partial charge in [0.1, 0.15) is 16.5 Å². The van der Waals surface area contributed by atoms with Crippen LogP contribution in [-0.2, 0) is 0 Å². The van der Waals surface area contributed by atoms with Crippen LogP contribution in [0.2, 0.25) is 5.15 Å². The van der Waals surface area contributed by atoms with Crippen molar-refractivity contribution in [3.8, 4) is 11.3 Å². The molecule has 4 aromatic rings. The number of nitrogen functional groups attached to an aromatic ring is 1. The molecule has 0 aliphatic carbocycles. The molecule has 2 aromatic heterocycles. The first kappa shape index (κ1) is 23.5. The van der Waals surface area contributed by atoms with E-state index in [2.05, 4.69) is 15.3 Å². The van der Waals surface area contributed by atoms with Crippen LogP contribution in [0.4, 0.5) is 11.4 Å². The highest BCUT2D eigenvalue weighted by atomic mass is 35.5. The van der Waals surface area contributed by atoms with Crippen molar-refractivity contribution in [3.63, 3.8) is 0 Å². The molecule has 3 N–H and O–H groups in total. The van der Waals surface area contributed by atoms with Crippen molar-refractivity contribution in [3.05, 3.63) is 85.8 Å². The third kappa shape index (κ3) is 4.41. The number of fused-ring (bicyclic) bond motifs is 1. The van der Waals surface area contributed by atoms with Crippen LogP contribution in [0.3, 0.4) is 0 Å². The Morgan fingerprint density at radius 1 is 1.15 bits per heavy atom. The average Bonchev–Trinajstić information content (AvgIpc) is 2.79. The number of pyridine rings is 1. The maximum Gasteiger partial charge on any atom is 0.196 e. The molecule has 34 heavy (non-hydrogen) atoms. The minimum Gasteiger partial charge on any atom is -0.455 e. The van der Waals surface area contributed by atoms with Gasteiger partial charge < -0.3 is 15.5 Å². The number of aromatic nitrogens is 1. The van der Waals surface area contributed by atoms with Gasteiger partial charge in [0.15, 0.2) is 5.43 Å². The zero-order valence-electron chi connectivity index (χ0n) is 19.9. The molecule has 0 saturated heterocycles. The molecular weight excluding hydrogens is 448 g/mol. The Balaban J connectivity index is 1.90. The number of benzene rings is 2. The van der Waals surface area contributed by atoms with Gasteiger partial charge in [0.25, 0.3) is 0 Å². The molecule has 7 heteroatoms. The van der Waals surface area contributed by atoms with Crippen LogP contribution in [0, 0.1) is 20.8 Å². The van der Waals surface area contributed by atoms with Crippen LogP contribution in [0.25, 0.3) is 22.3 Å². The summed E-state index contributed by atoms with van der Waals surface area (Å²) >= 11 is 6.01. The molecule has 6 nitrogen and oxygen atoms in total. The first-order chi connectivity index (χ1) is 16.2. The Morgan fingerprint density at radius 2 is 1.91 bits per heavy atom. The molecule has 0 spiro atoms. The Morgan fingerprint density at radius 3 is 2.62 bits per heavy atom. The monoisotopic (exact) mass is 474 g/mol. The van der Waals surface area contributed by atoms with E-state index in [1.807, 2.05) is 51.1 Å². The molecule has 0 bridgehead atoms. The van der Waals surface area contributed by atoms with Gasteiger partial charge in [-0.1, -0.05) is 17.7 Å². The van der Waals surface area contributed by atoms with Crippen LogP contribution >= 0.6 is 11.6 Å². The zero-order valence-corrected chi connectivity index (χ0v) is 20.6. The maximum atomic E-state index is 13.4. The number of nitrogens with one attached hydrogen (secondary N) is 1. The van der Waals surface area contributed by atoms with E-state index < -0.39 is 0 Å². The molecule has 2 heterocycles. The van der Waals surface area contributed by atoms with Crippen molar-refractivity contribution in [1.29, 1.82) is 0 Å². The first-order valence-corrected chi connectivity index (χ1v) is 11.4. The van der Waals surface area contributed by atoms with E-state index in [0.717, 1.165) is 33.6 Å². The summed E-state index contributed by atoms with van der Waals surface area (Å²) in [6.07, 6.45) is 1.69. The highest BCUT2D eigenvalue weighted by Gasteiger charge is 2.20. The summed E-state index contributed by atoms with van der Waals surface area (Å²) in [7, 11) is 1.69. The van der Waals surface area contributed by atoms with Crippen LogP contribution in [0.15, 0.2) is 56.7 Å². The van der Waals surface area contributed by atoms with Crippen molar-refractivity contribution in [2.24, 2.45) is 4.99 Å². The normalized spacial score (nSPS) is 12.4. The van der Waals surface area contributed by atoms with Crippen molar-refractivity contribution < 1.29 is 4.42 Å². The van der Waals surface area contributed by atoms with Gasteiger partial charge in [0.05, 0.1) is 22.8 Å². The lowest BCUT2D eigenvalue weighted by molar-refractivity contribution is 0.605. The average molecular weight is 475 g/mol. The Kier molecular flexibility index (Phi) is 6.44. The maximum absolute atomic E-state index is 13.4. The number of halogens is 1. The quantitative estimate of drug-likeness (QED) is 0.203. The lowest BCUT2D eigenvalue weighted by atomic mass is 9.98. The van der Waals surface area contributed by atoms with Crippen molar-refractivity contribution in [1.82, 2.24) is 4.98 Å². The van der Waals surface area contributed by atoms with Gasteiger partial charge in [0, 0.05) is 41.2 Å². The number of nitrogens with two attached hydrogens (primary N) is 1. The molecule has 0 amide bonds. The summed E-state index contributed by atoms with van der Waals surface area (Å²) in [5.41, 5.74) is 12.8. The van der Waals surface area contributed by atoms with E-state index in [4.69, 9.17) is 21.8 Å². The fourth-order valence-corrected chi connectivity index (χ4v) is 4.32. The van der Waals surface area contributed by atoms with Gasteiger partial charge in [-0.05, 0) is 69.7 Å². The summed E-state index contributed by atoms with van der Waals surface area (Å²) in [5, 5.41) is 4.48. The molecule has 4 rings (SSSR count). The van der Waals surface area contributed by atoms with E-state index in [0.29, 0.717) is 33.1 Å². The lowest BCUT2D eigenvalue weighted by Crippen LogP contribution is -2.13. The number of hydrogen-bond donors (Lipinski definition) is 2. The minimum atomic E-state index is -0.156. The topological polar surface area (TPSA) is 93.5 Å². The molecule has 174 valence electrons. The first-order valence-electron chi connectivity index (χ1n) is 11.0. The van der Waals surface area contributed by atoms with E-state index in [1.165, 1.54) is 0 Å². The van der Waals surface area contributed by atoms with Gasteiger partial charge in [-0.25, -0.2) is 4.98 Å². The second-order valence-electron chi connectivity index (χ2n) is 8.48. The third-order valence-corrected chi connectivity index (χ3v) is 6.11. The van der Waals surface area contributed by atoms with Gasteiger partial charge in [-0.3, -0.25) is 9.79 Å². The van der Waals surface area contributed by atoms with Crippen molar-refractivity contribution in [2.45, 2.75) is 33.7 Å². The molecule has 0 saturated carbocycles. The molecule has 0 unspecified atom stereocenters. The Bertz CT molecular complexity index is 1490. The number of aryl methyl sites for hydroxylation is 2.